The summed E-state index contributed by atoms with van der Waals surface area (Å²) in [5.41, 5.74) is 5.32. The fourth-order valence-electron chi connectivity index (χ4n) is 2.77. The zero-order valence-electron chi connectivity index (χ0n) is 16.1. The molecule has 0 heterocycles. The Hall–Kier alpha value is -3.52. The molecule has 28 heavy (non-hydrogen) atoms. The van der Waals surface area contributed by atoms with Crippen molar-refractivity contribution in [1.29, 1.82) is 0 Å². The largest absolute Gasteiger partial charge is 0.289 e. The number of hydrogen-bond acceptors (Lipinski definition) is 2. The molecule has 0 atom stereocenters. The summed E-state index contributed by atoms with van der Waals surface area (Å²) in [5, 5.41) is 0. The van der Waals surface area contributed by atoms with Gasteiger partial charge in [-0.2, -0.15) is 0 Å². The maximum Gasteiger partial charge on any atom is 0.185 e. The van der Waals surface area contributed by atoms with Crippen LogP contribution in [0.5, 0.6) is 0 Å². The lowest BCUT2D eigenvalue weighted by molar-refractivity contribution is 0.103. The minimum absolute atomic E-state index is 0.0467. The van der Waals surface area contributed by atoms with Crippen LogP contribution in [0.4, 0.5) is 0 Å². The first-order chi connectivity index (χ1) is 13.5. The zero-order chi connectivity index (χ0) is 19.9. The third-order valence-electron chi connectivity index (χ3n) is 4.50. The lowest BCUT2D eigenvalue weighted by Gasteiger charge is -2.01. The van der Waals surface area contributed by atoms with Gasteiger partial charge in [0.05, 0.1) is 0 Å². The average Bonchev–Trinajstić information content (AvgIpc) is 2.72. The smallest absolute Gasteiger partial charge is 0.185 e. The van der Waals surface area contributed by atoms with Crippen LogP contribution < -0.4 is 0 Å². The molecule has 2 heteroatoms. The van der Waals surface area contributed by atoms with E-state index in [-0.39, 0.29) is 11.6 Å². The molecule has 0 saturated carbocycles. The second-order valence-corrected chi connectivity index (χ2v) is 6.76. The van der Waals surface area contributed by atoms with Gasteiger partial charge in [-0.3, -0.25) is 9.59 Å². The van der Waals surface area contributed by atoms with Crippen molar-refractivity contribution in [3.05, 3.63) is 118 Å². The van der Waals surface area contributed by atoms with Gasteiger partial charge in [0, 0.05) is 11.1 Å². The van der Waals surface area contributed by atoms with Crippen LogP contribution in [0.2, 0.25) is 0 Å². The predicted octanol–water partition coefficient (Wildman–Crippen LogP) is 6.10. The predicted molar refractivity (Wildman–Crippen MR) is 116 cm³/mol. The van der Waals surface area contributed by atoms with E-state index in [0.29, 0.717) is 11.1 Å². The van der Waals surface area contributed by atoms with Gasteiger partial charge in [0.15, 0.2) is 11.6 Å². The normalized spacial score (nSPS) is 11.2. The highest BCUT2D eigenvalue weighted by Crippen LogP contribution is 2.15. The van der Waals surface area contributed by atoms with E-state index >= 15 is 0 Å². The number of rotatable bonds is 6. The van der Waals surface area contributed by atoms with Crippen molar-refractivity contribution < 1.29 is 9.59 Å². The van der Waals surface area contributed by atoms with Crippen LogP contribution in [0.3, 0.4) is 0 Å². The first kappa shape index (κ1) is 19.2. The molecule has 3 aromatic carbocycles. The molecular weight excluding hydrogens is 344 g/mol. The molecular formula is C26H22O2. The second-order valence-electron chi connectivity index (χ2n) is 6.76. The van der Waals surface area contributed by atoms with Gasteiger partial charge in [-0.05, 0) is 37.1 Å². The molecule has 0 aliphatic carbocycles. The number of allylic oxidation sites excluding steroid dienone is 2. The third kappa shape index (κ3) is 5.01. The Morgan fingerprint density at radius 3 is 1.29 bits per heavy atom. The summed E-state index contributed by atoms with van der Waals surface area (Å²) >= 11 is 0. The molecule has 0 saturated heterocycles. The Bertz CT molecular complexity index is 950. The van der Waals surface area contributed by atoms with Crippen molar-refractivity contribution in [2.75, 3.05) is 0 Å². The summed E-state index contributed by atoms with van der Waals surface area (Å²) in [6, 6.07) is 22.7. The second kappa shape index (κ2) is 8.92. The molecule has 3 rings (SSSR count). The van der Waals surface area contributed by atoms with E-state index in [1.165, 1.54) is 0 Å². The molecule has 0 aliphatic rings. The van der Waals surface area contributed by atoms with Crippen LogP contribution in [0.25, 0.3) is 12.2 Å². The molecule has 0 unspecified atom stereocenters. The van der Waals surface area contributed by atoms with Gasteiger partial charge in [-0.25, -0.2) is 0 Å². The molecule has 0 radical (unpaired) electrons. The van der Waals surface area contributed by atoms with Gasteiger partial charge in [0.25, 0.3) is 0 Å². The maximum absolute atomic E-state index is 12.4. The average molecular weight is 366 g/mol. The Balaban J connectivity index is 1.77. The topological polar surface area (TPSA) is 34.1 Å². The Morgan fingerprint density at radius 2 is 0.929 bits per heavy atom. The third-order valence-corrected chi connectivity index (χ3v) is 4.50. The van der Waals surface area contributed by atoms with Crippen LogP contribution in [0.15, 0.2) is 84.9 Å². The summed E-state index contributed by atoms with van der Waals surface area (Å²) in [7, 11) is 0. The van der Waals surface area contributed by atoms with Gasteiger partial charge in [-0.1, -0.05) is 96.1 Å². The fourth-order valence-corrected chi connectivity index (χ4v) is 2.77. The van der Waals surface area contributed by atoms with Crippen LogP contribution in [0.1, 0.15) is 43.0 Å². The first-order valence-corrected chi connectivity index (χ1v) is 9.20. The molecule has 0 amide bonds. The molecule has 138 valence electrons. The number of hydrogen-bond donors (Lipinski definition) is 0. The van der Waals surface area contributed by atoms with Crippen molar-refractivity contribution in [1.82, 2.24) is 0 Å². The molecule has 0 N–H and O–H groups in total. The molecule has 0 fully saturated rings. The first-order valence-electron chi connectivity index (χ1n) is 9.20. The van der Waals surface area contributed by atoms with E-state index in [1.54, 1.807) is 24.3 Å². The van der Waals surface area contributed by atoms with E-state index < -0.39 is 0 Å². The van der Waals surface area contributed by atoms with Crippen molar-refractivity contribution in [2.45, 2.75) is 13.8 Å². The van der Waals surface area contributed by atoms with Crippen LogP contribution in [-0.2, 0) is 0 Å². The van der Waals surface area contributed by atoms with E-state index in [1.807, 2.05) is 86.6 Å². The summed E-state index contributed by atoms with van der Waals surface area (Å²) in [5.74, 6) is -0.0935. The molecule has 0 aliphatic heterocycles. The van der Waals surface area contributed by atoms with Gasteiger partial charge in [0.2, 0.25) is 0 Å². The summed E-state index contributed by atoms with van der Waals surface area (Å²) < 4.78 is 0. The van der Waals surface area contributed by atoms with Crippen molar-refractivity contribution in [3.8, 4) is 0 Å². The minimum Gasteiger partial charge on any atom is -0.289 e. The molecule has 0 aromatic heterocycles. The number of aryl methyl sites for hydroxylation is 2. The van der Waals surface area contributed by atoms with Gasteiger partial charge in [-0.15, -0.1) is 0 Å². The van der Waals surface area contributed by atoms with Crippen LogP contribution >= 0.6 is 0 Å². The number of carbonyl (C=O) groups is 2. The monoisotopic (exact) mass is 366 g/mol. The standard InChI is InChI=1S/C26H22O2/c1-19-7-11-23(12-8-19)25(27)17-15-21-5-3-4-6-22(21)16-18-26(28)24-13-9-20(2)10-14-24/h3-18H,1-2H3/b17-15+,18-16+. The number of benzene rings is 3. The van der Waals surface area contributed by atoms with Gasteiger partial charge >= 0.3 is 0 Å². The maximum atomic E-state index is 12.4. The van der Waals surface area contributed by atoms with Crippen molar-refractivity contribution in [3.63, 3.8) is 0 Å². The van der Waals surface area contributed by atoms with Crippen LogP contribution in [-0.4, -0.2) is 11.6 Å². The van der Waals surface area contributed by atoms with Crippen molar-refractivity contribution in [2.24, 2.45) is 0 Å². The number of carbonyl (C=O) groups excluding carboxylic acids is 2. The zero-order valence-corrected chi connectivity index (χ0v) is 16.1. The number of ketones is 2. The van der Waals surface area contributed by atoms with E-state index in [4.69, 9.17) is 0 Å². The SMILES string of the molecule is Cc1ccc(C(=O)/C=C/c2ccccc2/C=C/C(=O)c2ccc(C)cc2)cc1. The highest BCUT2D eigenvalue weighted by Gasteiger charge is 2.03. The van der Waals surface area contributed by atoms with E-state index in [9.17, 15) is 9.59 Å². The van der Waals surface area contributed by atoms with E-state index in [2.05, 4.69) is 0 Å². The lowest BCUT2D eigenvalue weighted by Crippen LogP contribution is -1.95. The summed E-state index contributed by atoms with van der Waals surface area (Å²) in [6.45, 7) is 3.98. The quantitative estimate of drug-likeness (QED) is 0.390. The van der Waals surface area contributed by atoms with Gasteiger partial charge in [0.1, 0.15) is 0 Å². The molecule has 0 bridgehead atoms. The van der Waals surface area contributed by atoms with Gasteiger partial charge < -0.3 is 0 Å². The summed E-state index contributed by atoms with van der Waals surface area (Å²) in [4.78, 5) is 24.7. The van der Waals surface area contributed by atoms with Crippen molar-refractivity contribution >= 4 is 23.7 Å². The highest BCUT2D eigenvalue weighted by atomic mass is 16.1. The van der Waals surface area contributed by atoms with Crippen LogP contribution in [0, 0.1) is 13.8 Å². The fraction of sp³-hybridized carbons (Fsp3) is 0.0769. The molecule has 3 aromatic rings. The highest BCUT2D eigenvalue weighted by molar-refractivity contribution is 6.08. The molecule has 0 spiro atoms. The summed E-state index contributed by atoms with van der Waals surface area (Å²) in [6.07, 6.45) is 6.72. The molecule has 2 nitrogen and oxygen atoms in total. The lowest BCUT2D eigenvalue weighted by atomic mass is 10.0. The minimum atomic E-state index is -0.0467. The Kier molecular flexibility index (Phi) is 6.13. The Labute approximate surface area is 165 Å². The van der Waals surface area contributed by atoms with E-state index in [0.717, 1.165) is 22.3 Å². The Morgan fingerprint density at radius 1 is 0.571 bits per heavy atom.